The summed E-state index contributed by atoms with van der Waals surface area (Å²) >= 11 is 0. The zero-order chi connectivity index (χ0) is 12.6. The zero-order valence-corrected chi connectivity index (χ0v) is 10.8. The van der Waals surface area contributed by atoms with E-state index < -0.39 is 0 Å². The Kier molecular flexibility index (Phi) is 7.60. The average molecular weight is 229 g/mol. The van der Waals surface area contributed by atoms with E-state index >= 15 is 0 Å². The summed E-state index contributed by atoms with van der Waals surface area (Å²) in [4.78, 5) is 23.9. The number of nitrogens with zero attached hydrogens (tertiary/aromatic N) is 1. The SMILES string of the molecule is CCOC(=O)CCC(CC)CN(C)C(C)=O. The highest BCUT2D eigenvalue weighted by Crippen LogP contribution is 2.13. The van der Waals surface area contributed by atoms with Crippen LogP contribution in [0.25, 0.3) is 0 Å². The molecular formula is C12H23NO3. The molecule has 0 aromatic carbocycles. The van der Waals surface area contributed by atoms with Gasteiger partial charge in [0.1, 0.15) is 0 Å². The lowest BCUT2D eigenvalue weighted by atomic mass is 10.00. The molecule has 4 heteroatoms. The molecule has 0 bridgehead atoms. The first-order valence-corrected chi connectivity index (χ1v) is 5.88. The standard InChI is InChI=1S/C12H23NO3/c1-5-11(9-13(4)10(3)14)7-8-12(15)16-6-2/h11H,5-9H2,1-4H3. The van der Waals surface area contributed by atoms with Gasteiger partial charge in [-0.2, -0.15) is 0 Å². The van der Waals surface area contributed by atoms with Crippen molar-refractivity contribution >= 4 is 11.9 Å². The molecule has 0 aliphatic rings. The molecule has 0 aromatic heterocycles. The molecule has 94 valence electrons. The first kappa shape index (κ1) is 14.9. The Morgan fingerprint density at radius 1 is 1.31 bits per heavy atom. The summed E-state index contributed by atoms with van der Waals surface area (Å²) in [6.07, 6.45) is 2.20. The quantitative estimate of drug-likeness (QED) is 0.626. The molecule has 0 aliphatic carbocycles. The van der Waals surface area contributed by atoms with Gasteiger partial charge >= 0.3 is 5.97 Å². The van der Waals surface area contributed by atoms with Gasteiger partial charge in [-0.05, 0) is 19.3 Å². The summed E-state index contributed by atoms with van der Waals surface area (Å²) in [6.45, 7) is 6.58. The van der Waals surface area contributed by atoms with E-state index in [-0.39, 0.29) is 11.9 Å². The highest BCUT2D eigenvalue weighted by Gasteiger charge is 2.13. The Bertz CT molecular complexity index is 228. The fourth-order valence-corrected chi connectivity index (χ4v) is 1.50. The minimum absolute atomic E-state index is 0.0644. The van der Waals surface area contributed by atoms with Gasteiger partial charge in [-0.1, -0.05) is 13.3 Å². The highest BCUT2D eigenvalue weighted by molar-refractivity contribution is 5.72. The summed E-state index contributed by atoms with van der Waals surface area (Å²) in [6, 6.07) is 0. The number of rotatable bonds is 7. The van der Waals surface area contributed by atoms with Crippen molar-refractivity contribution in [3.8, 4) is 0 Å². The molecule has 1 amide bonds. The maximum atomic E-state index is 11.2. The molecule has 1 unspecified atom stereocenters. The number of hydrogen-bond acceptors (Lipinski definition) is 3. The predicted molar refractivity (Wildman–Crippen MR) is 63.0 cm³/mol. The molecule has 4 nitrogen and oxygen atoms in total. The van der Waals surface area contributed by atoms with E-state index in [1.807, 2.05) is 0 Å². The smallest absolute Gasteiger partial charge is 0.305 e. The zero-order valence-electron chi connectivity index (χ0n) is 10.8. The van der Waals surface area contributed by atoms with Crippen LogP contribution in [0.15, 0.2) is 0 Å². The normalized spacial score (nSPS) is 12.0. The van der Waals surface area contributed by atoms with Crippen molar-refractivity contribution in [1.82, 2.24) is 4.90 Å². The summed E-state index contributed by atoms with van der Waals surface area (Å²) < 4.78 is 4.87. The van der Waals surface area contributed by atoms with Crippen molar-refractivity contribution < 1.29 is 14.3 Å². The predicted octanol–water partition coefficient (Wildman–Crippen LogP) is 1.83. The molecule has 1 atom stereocenters. The molecule has 0 radical (unpaired) electrons. The van der Waals surface area contributed by atoms with Crippen molar-refractivity contribution in [3.05, 3.63) is 0 Å². The molecule has 0 rings (SSSR count). The van der Waals surface area contributed by atoms with Crippen LogP contribution in [0.4, 0.5) is 0 Å². The van der Waals surface area contributed by atoms with Gasteiger partial charge in [0.15, 0.2) is 0 Å². The van der Waals surface area contributed by atoms with E-state index in [1.54, 1.807) is 25.8 Å². The van der Waals surface area contributed by atoms with Crippen molar-refractivity contribution in [3.63, 3.8) is 0 Å². The molecule has 0 fully saturated rings. The van der Waals surface area contributed by atoms with Gasteiger partial charge in [0.25, 0.3) is 0 Å². The number of carbonyl (C=O) groups excluding carboxylic acids is 2. The van der Waals surface area contributed by atoms with Crippen LogP contribution in [-0.4, -0.2) is 37.0 Å². The van der Waals surface area contributed by atoms with E-state index in [1.165, 1.54) is 0 Å². The summed E-state index contributed by atoms with van der Waals surface area (Å²) in [5.74, 6) is 0.291. The summed E-state index contributed by atoms with van der Waals surface area (Å²) in [7, 11) is 1.79. The molecule has 0 saturated heterocycles. The van der Waals surface area contributed by atoms with Crippen molar-refractivity contribution in [2.75, 3.05) is 20.2 Å². The average Bonchev–Trinajstić information content (AvgIpc) is 2.24. The van der Waals surface area contributed by atoms with Gasteiger partial charge in [0.2, 0.25) is 5.91 Å². The largest absolute Gasteiger partial charge is 0.466 e. The first-order chi connectivity index (χ1) is 7.51. The van der Waals surface area contributed by atoms with E-state index in [9.17, 15) is 9.59 Å². The van der Waals surface area contributed by atoms with Crippen LogP contribution in [0, 0.1) is 5.92 Å². The fraction of sp³-hybridized carbons (Fsp3) is 0.833. The van der Waals surface area contributed by atoms with E-state index in [4.69, 9.17) is 4.74 Å². The van der Waals surface area contributed by atoms with Crippen molar-refractivity contribution in [2.24, 2.45) is 5.92 Å². The highest BCUT2D eigenvalue weighted by atomic mass is 16.5. The van der Waals surface area contributed by atoms with Crippen LogP contribution in [0.1, 0.15) is 40.0 Å². The van der Waals surface area contributed by atoms with Gasteiger partial charge < -0.3 is 9.64 Å². The lowest BCUT2D eigenvalue weighted by Gasteiger charge is -2.21. The molecule has 16 heavy (non-hydrogen) atoms. The summed E-state index contributed by atoms with van der Waals surface area (Å²) in [5, 5.41) is 0. The lowest BCUT2D eigenvalue weighted by Crippen LogP contribution is -2.30. The number of ether oxygens (including phenoxy) is 1. The molecule has 0 aromatic rings. The van der Waals surface area contributed by atoms with Crippen LogP contribution < -0.4 is 0 Å². The van der Waals surface area contributed by atoms with Crippen molar-refractivity contribution in [2.45, 2.75) is 40.0 Å². The molecule has 0 saturated carbocycles. The van der Waals surface area contributed by atoms with Crippen LogP contribution >= 0.6 is 0 Å². The first-order valence-electron chi connectivity index (χ1n) is 5.88. The Labute approximate surface area is 98.0 Å². The van der Waals surface area contributed by atoms with Crippen LogP contribution in [0.5, 0.6) is 0 Å². The van der Waals surface area contributed by atoms with E-state index in [0.29, 0.717) is 25.5 Å². The molecule has 0 spiro atoms. The summed E-state index contributed by atoms with van der Waals surface area (Å²) in [5.41, 5.74) is 0. The minimum atomic E-state index is -0.147. The minimum Gasteiger partial charge on any atom is -0.466 e. The van der Waals surface area contributed by atoms with Gasteiger partial charge in [-0.3, -0.25) is 9.59 Å². The Balaban J connectivity index is 3.92. The monoisotopic (exact) mass is 229 g/mol. The van der Waals surface area contributed by atoms with Gasteiger partial charge in [0.05, 0.1) is 6.61 Å². The molecule has 0 heterocycles. The van der Waals surface area contributed by atoms with E-state index in [2.05, 4.69) is 6.92 Å². The third kappa shape index (κ3) is 6.43. The number of amides is 1. The maximum absolute atomic E-state index is 11.2. The van der Waals surface area contributed by atoms with Gasteiger partial charge in [-0.25, -0.2) is 0 Å². The Morgan fingerprint density at radius 2 is 1.94 bits per heavy atom. The second-order valence-electron chi connectivity index (χ2n) is 4.02. The number of esters is 1. The molecule has 0 aliphatic heterocycles. The Morgan fingerprint density at radius 3 is 2.38 bits per heavy atom. The molecular weight excluding hydrogens is 206 g/mol. The third-order valence-corrected chi connectivity index (χ3v) is 2.71. The fourth-order valence-electron chi connectivity index (χ4n) is 1.50. The topological polar surface area (TPSA) is 46.6 Å². The second-order valence-corrected chi connectivity index (χ2v) is 4.02. The van der Waals surface area contributed by atoms with Crippen LogP contribution in [-0.2, 0) is 14.3 Å². The second kappa shape index (κ2) is 8.13. The van der Waals surface area contributed by atoms with Gasteiger partial charge in [-0.15, -0.1) is 0 Å². The number of carbonyl (C=O) groups is 2. The number of hydrogen-bond donors (Lipinski definition) is 0. The third-order valence-electron chi connectivity index (χ3n) is 2.71. The maximum Gasteiger partial charge on any atom is 0.305 e. The molecule has 0 N–H and O–H groups in total. The van der Waals surface area contributed by atoms with Crippen LogP contribution in [0.2, 0.25) is 0 Å². The van der Waals surface area contributed by atoms with Crippen LogP contribution in [0.3, 0.4) is 0 Å². The van der Waals surface area contributed by atoms with E-state index in [0.717, 1.165) is 12.8 Å². The Hall–Kier alpha value is -1.06. The van der Waals surface area contributed by atoms with Gasteiger partial charge in [0, 0.05) is 26.9 Å². The lowest BCUT2D eigenvalue weighted by molar-refractivity contribution is -0.143. The van der Waals surface area contributed by atoms with Crippen molar-refractivity contribution in [1.29, 1.82) is 0 Å².